The smallest absolute Gasteiger partial charge is 0.0826 e. The van der Waals surface area contributed by atoms with Gasteiger partial charge in [0.15, 0.2) is 0 Å². The number of hydrogen-bond donors (Lipinski definition) is 3. The van der Waals surface area contributed by atoms with Gasteiger partial charge in [-0.1, -0.05) is 0 Å². The van der Waals surface area contributed by atoms with E-state index in [1.165, 1.54) is 0 Å². The van der Waals surface area contributed by atoms with E-state index in [4.69, 9.17) is 10.2 Å². The first kappa shape index (κ1) is 7.98. The molecular formula is C7H14O3. The predicted octanol–water partition coefficient (Wildman–Crippen LogP) is -0.357. The third kappa shape index (κ3) is 1.68. The van der Waals surface area contributed by atoms with Crippen molar-refractivity contribution in [1.29, 1.82) is 0 Å². The lowest BCUT2D eigenvalue weighted by Crippen LogP contribution is -2.42. The van der Waals surface area contributed by atoms with Gasteiger partial charge in [-0.25, -0.2) is 0 Å². The summed E-state index contributed by atoms with van der Waals surface area (Å²) in [7, 11) is 0. The van der Waals surface area contributed by atoms with E-state index in [2.05, 4.69) is 0 Å². The lowest BCUT2D eigenvalue weighted by Gasteiger charge is -2.34. The molecule has 0 spiro atoms. The Balaban J connectivity index is 2.49. The molecule has 1 rings (SSSR count). The Morgan fingerprint density at radius 2 is 1.90 bits per heavy atom. The highest BCUT2D eigenvalue weighted by molar-refractivity contribution is 4.86. The van der Waals surface area contributed by atoms with E-state index in [0.29, 0.717) is 12.8 Å². The molecule has 0 aromatic heterocycles. The number of aliphatic hydroxyl groups is 3. The van der Waals surface area contributed by atoms with Crippen LogP contribution < -0.4 is 0 Å². The molecule has 0 saturated heterocycles. The standard InChI is InChI=1S/C7H14O3/c1-7(10)3-2-5(8)6(9)4-7/h5-6,8-10H,2-4H2,1H3/t5-,6+,7+/m0/s1. The fraction of sp³-hybridized carbons (Fsp3) is 1.00. The minimum atomic E-state index is -0.779. The number of rotatable bonds is 0. The van der Waals surface area contributed by atoms with Gasteiger partial charge in [-0.05, 0) is 19.8 Å². The largest absolute Gasteiger partial charge is 0.390 e. The average molecular weight is 146 g/mol. The van der Waals surface area contributed by atoms with E-state index < -0.39 is 17.8 Å². The third-order valence-corrected chi connectivity index (χ3v) is 2.07. The first-order chi connectivity index (χ1) is 4.51. The molecule has 1 saturated carbocycles. The fourth-order valence-corrected chi connectivity index (χ4v) is 1.34. The summed E-state index contributed by atoms with van der Waals surface area (Å²) in [6, 6.07) is 0. The van der Waals surface area contributed by atoms with E-state index in [9.17, 15) is 5.11 Å². The zero-order valence-corrected chi connectivity index (χ0v) is 6.12. The molecule has 1 aliphatic rings. The maximum Gasteiger partial charge on any atom is 0.0826 e. The van der Waals surface area contributed by atoms with Gasteiger partial charge >= 0.3 is 0 Å². The van der Waals surface area contributed by atoms with Gasteiger partial charge in [0.1, 0.15) is 0 Å². The van der Waals surface area contributed by atoms with E-state index in [1.54, 1.807) is 6.92 Å². The van der Waals surface area contributed by atoms with Crippen molar-refractivity contribution in [3.63, 3.8) is 0 Å². The second-order valence-corrected chi connectivity index (χ2v) is 3.37. The van der Waals surface area contributed by atoms with Crippen LogP contribution in [-0.2, 0) is 0 Å². The lowest BCUT2D eigenvalue weighted by atomic mass is 9.83. The van der Waals surface area contributed by atoms with Crippen molar-refractivity contribution in [2.24, 2.45) is 0 Å². The first-order valence-corrected chi connectivity index (χ1v) is 3.60. The summed E-state index contributed by atoms with van der Waals surface area (Å²) in [6.07, 6.45) is -0.0305. The van der Waals surface area contributed by atoms with Crippen molar-refractivity contribution in [1.82, 2.24) is 0 Å². The fourth-order valence-electron chi connectivity index (χ4n) is 1.34. The lowest BCUT2D eigenvalue weighted by molar-refractivity contribution is -0.0907. The summed E-state index contributed by atoms with van der Waals surface area (Å²) < 4.78 is 0. The Kier molecular flexibility index (Phi) is 1.99. The quantitative estimate of drug-likeness (QED) is 0.437. The highest BCUT2D eigenvalue weighted by Gasteiger charge is 2.34. The van der Waals surface area contributed by atoms with E-state index in [-0.39, 0.29) is 6.42 Å². The first-order valence-electron chi connectivity index (χ1n) is 3.60. The van der Waals surface area contributed by atoms with E-state index in [0.717, 1.165) is 0 Å². The Hall–Kier alpha value is -0.120. The molecule has 0 aliphatic heterocycles. The Labute approximate surface area is 60.3 Å². The molecule has 60 valence electrons. The summed E-state index contributed by atoms with van der Waals surface area (Å²) in [5.41, 5.74) is -0.779. The highest BCUT2D eigenvalue weighted by atomic mass is 16.3. The average Bonchev–Trinajstić information content (AvgIpc) is 1.79. The van der Waals surface area contributed by atoms with Crippen LogP contribution in [0.5, 0.6) is 0 Å². The highest BCUT2D eigenvalue weighted by Crippen LogP contribution is 2.27. The van der Waals surface area contributed by atoms with Crippen LogP contribution in [-0.4, -0.2) is 33.1 Å². The molecule has 1 fully saturated rings. The van der Waals surface area contributed by atoms with Gasteiger partial charge in [0.2, 0.25) is 0 Å². The van der Waals surface area contributed by atoms with Crippen molar-refractivity contribution >= 4 is 0 Å². The van der Waals surface area contributed by atoms with E-state index in [1.807, 2.05) is 0 Å². The summed E-state index contributed by atoms with van der Waals surface area (Å²) in [5.74, 6) is 0. The third-order valence-electron chi connectivity index (χ3n) is 2.07. The Morgan fingerprint density at radius 1 is 1.30 bits per heavy atom. The molecule has 3 heteroatoms. The number of hydrogen-bond acceptors (Lipinski definition) is 3. The minimum Gasteiger partial charge on any atom is -0.390 e. The SMILES string of the molecule is C[C@@]1(O)CC[C@H](O)[C@H](O)C1. The van der Waals surface area contributed by atoms with Crippen LogP contribution in [0.2, 0.25) is 0 Å². The van der Waals surface area contributed by atoms with Crippen molar-refractivity contribution in [2.75, 3.05) is 0 Å². The van der Waals surface area contributed by atoms with Crippen molar-refractivity contribution in [2.45, 2.75) is 44.0 Å². The molecule has 0 bridgehead atoms. The van der Waals surface area contributed by atoms with Crippen LogP contribution in [0.3, 0.4) is 0 Å². The van der Waals surface area contributed by atoms with Gasteiger partial charge in [0.25, 0.3) is 0 Å². The van der Waals surface area contributed by atoms with Crippen LogP contribution in [0.25, 0.3) is 0 Å². The molecule has 3 nitrogen and oxygen atoms in total. The van der Waals surface area contributed by atoms with Crippen LogP contribution in [0, 0.1) is 0 Å². The van der Waals surface area contributed by atoms with Gasteiger partial charge in [-0.3, -0.25) is 0 Å². The van der Waals surface area contributed by atoms with Crippen LogP contribution >= 0.6 is 0 Å². The molecule has 0 aromatic carbocycles. The summed E-state index contributed by atoms with van der Waals surface area (Å²) in [5, 5.41) is 27.5. The second-order valence-electron chi connectivity index (χ2n) is 3.37. The normalized spacial score (nSPS) is 49.2. The summed E-state index contributed by atoms with van der Waals surface area (Å²) in [4.78, 5) is 0. The molecule has 0 radical (unpaired) electrons. The van der Waals surface area contributed by atoms with Crippen molar-refractivity contribution in [3.05, 3.63) is 0 Å². The molecule has 0 heterocycles. The molecule has 0 aromatic rings. The second kappa shape index (κ2) is 2.49. The van der Waals surface area contributed by atoms with Crippen LogP contribution in [0.15, 0.2) is 0 Å². The maximum atomic E-state index is 9.39. The van der Waals surface area contributed by atoms with Crippen LogP contribution in [0.4, 0.5) is 0 Å². The zero-order chi connectivity index (χ0) is 7.78. The molecule has 3 atom stereocenters. The summed E-state index contributed by atoms with van der Waals surface area (Å²) in [6.45, 7) is 1.68. The molecule has 0 unspecified atom stereocenters. The Bertz CT molecular complexity index is 122. The number of aliphatic hydroxyl groups excluding tert-OH is 2. The van der Waals surface area contributed by atoms with Gasteiger partial charge < -0.3 is 15.3 Å². The van der Waals surface area contributed by atoms with Gasteiger partial charge in [0.05, 0.1) is 17.8 Å². The monoisotopic (exact) mass is 146 g/mol. The molecule has 3 N–H and O–H groups in total. The van der Waals surface area contributed by atoms with Gasteiger partial charge in [-0.2, -0.15) is 0 Å². The van der Waals surface area contributed by atoms with E-state index >= 15 is 0 Å². The molecule has 0 amide bonds. The molecule has 10 heavy (non-hydrogen) atoms. The summed E-state index contributed by atoms with van der Waals surface area (Å²) >= 11 is 0. The molecule has 1 aliphatic carbocycles. The zero-order valence-electron chi connectivity index (χ0n) is 6.12. The van der Waals surface area contributed by atoms with Gasteiger partial charge in [0, 0.05) is 6.42 Å². The Morgan fingerprint density at radius 3 is 2.30 bits per heavy atom. The molecular weight excluding hydrogens is 132 g/mol. The predicted molar refractivity (Wildman–Crippen MR) is 36.5 cm³/mol. The van der Waals surface area contributed by atoms with Crippen molar-refractivity contribution in [3.8, 4) is 0 Å². The van der Waals surface area contributed by atoms with Gasteiger partial charge in [-0.15, -0.1) is 0 Å². The maximum absolute atomic E-state index is 9.39. The topological polar surface area (TPSA) is 60.7 Å². The minimum absolute atomic E-state index is 0.286. The van der Waals surface area contributed by atoms with Crippen LogP contribution in [0.1, 0.15) is 26.2 Å². The van der Waals surface area contributed by atoms with Crippen molar-refractivity contribution < 1.29 is 15.3 Å².